The summed E-state index contributed by atoms with van der Waals surface area (Å²) in [6.45, 7) is 8.06. The van der Waals surface area contributed by atoms with Gasteiger partial charge in [-0.15, -0.1) is 0 Å². The van der Waals surface area contributed by atoms with Gasteiger partial charge in [0.25, 0.3) is 0 Å². The Morgan fingerprint density at radius 2 is 2.05 bits per heavy atom. The number of H-pyrrole nitrogens is 1. The van der Waals surface area contributed by atoms with Crippen molar-refractivity contribution in [3.63, 3.8) is 0 Å². The summed E-state index contributed by atoms with van der Waals surface area (Å²) in [5, 5.41) is 0. The van der Waals surface area contributed by atoms with Gasteiger partial charge in [-0.2, -0.15) is 0 Å². The van der Waals surface area contributed by atoms with Gasteiger partial charge in [-0.1, -0.05) is 27.7 Å². The maximum Gasteiger partial charge on any atom is 0.339 e. The van der Waals surface area contributed by atoms with Crippen molar-refractivity contribution in [1.82, 2.24) is 14.5 Å². The number of hydrogen-bond acceptors (Lipinski definition) is 4. The lowest BCUT2D eigenvalue weighted by Crippen LogP contribution is -2.21. The third-order valence-corrected chi connectivity index (χ3v) is 3.28. The summed E-state index contributed by atoms with van der Waals surface area (Å²) < 4.78 is 6.28. The van der Waals surface area contributed by atoms with Gasteiger partial charge < -0.3 is 9.72 Å². The zero-order valence-electron chi connectivity index (χ0n) is 13.3. The van der Waals surface area contributed by atoms with Gasteiger partial charge in [0.2, 0.25) is 0 Å². The molecule has 0 aromatic carbocycles. The largest absolute Gasteiger partial charge is 0.465 e. The number of methoxy groups -OCH3 is 1. The maximum atomic E-state index is 12.0. The van der Waals surface area contributed by atoms with Crippen LogP contribution >= 0.6 is 0 Å². The summed E-state index contributed by atoms with van der Waals surface area (Å²) >= 11 is 0. The fraction of sp³-hybridized carbons (Fsp3) is 0.533. The number of carbonyl (C=O) groups excluding carboxylic acids is 1. The van der Waals surface area contributed by atoms with Crippen LogP contribution in [-0.4, -0.2) is 27.6 Å². The van der Waals surface area contributed by atoms with Gasteiger partial charge in [0.1, 0.15) is 0 Å². The smallest absolute Gasteiger partial charge is 0.339 e. The molecule has 0 saturated carbocycles. The summed E-state index contributed by atoms with van der Waals surface area (Å²) in [6, 6.07) is 1.70. The molecular weight excluding hydrogens is 270 g/mol. The molecule has 0 bridgehead atoms. The molecule has 0 saturated heterocycles. The van der Waals surface area contributed by atoms with E-state index in [2.05, 4.69) is 14.7 Å². The molecule has 21 heavy (non-hydrogen) atoms. The minimum Gasteiger partial charge on any atom is -0.465 e. The highest BCUT2D eigenvalue weighted by molar-refractivity contribution is 5.92. The molecule has 118 valence electrons. The fourth-order valence-corrected chi connectivity index (χ4v) is 2.24. The Morgan fingerprint density at radius 3 is 2.57 bits per heavy atom. The molecule has 0 unspecified atom stereocenters. The topological polar surface area (TPSA) is 77.0 Å². The monoisotopic (exact) mass is 295 g/mol. The Labute approximate surface area is 125 Å². The molecule has 0 aliphatic carbocycles. The minimum absolute atomic E-state index is 0. The maximum absolute atomic E-state index is 12.0. The molecule has 0 radical (unpaired) electrons. The van der Waals surface area contributed by atoms with Gasteiger partial charge in [0.15, 0.2) is 5.65 Å². The number of nitrogens with zero attached hydrogens (tertiary/aromatic N) is 2. The first-order valence-electron chi connectivity index (χ1n) is 7.30. The van der Waals surface area contributed by atoms with Crippen molar-refractivity contribution in [1.29, 1.82) is 0 Å². The van der Waals surface area contributed by atoms with Gasteiger partial charge in [-0.3, -0.25) is 4.57 Å². The van der Waals surface area contributed by atoms with E-state index >= 15 is 0 Å². The summed E-state index contributed by atoms with van der Waals surface area (Å²) in [7, 11) is 1.31. The van der Waals surface area contributed by atoms with Crippen molar-refractivity contribution in [2.24, 2.45) is 0 Å². The average Bonchev–Trinajstić information content (AvgIpc) is 2.85. The number of fused-ring (bicyclic) bond motifs is 1. The van der Waals surface area contributed by atoms with Crippen molar-refractivity contribution in [2.45, 2.75) is 46.6 Å². The normalized spacial score (nSPS) is 10.4. The van der Waals surface area contributed by atoms with E-state index in [1.165, 1.54) is 13.3 Å². The summed E-state index contributed by atoms with van der Waals surface area (Å²) in [4.78, 5) is 30.4. The number of aromatic amines is 1. The standard InChI is InChI=1S/C13H17N3O3.C2H6.H2/c1-4-9(5-2)16-11-10(15-13(16)18)6-8(7-14-11)12(17)19-3;1-2;/h6-7,9H,4-5H2,1-3H3,(H,15,18);1-2H3;1H. The second kappa shape index (κ2) is 7.61. The van der Waals surface area contributed by atoms with Gasteiger partial charge >= 0.3 is 11.7 Å². The second-order valence-corrected chi connectivity index (χ2v) is 4.36. The molecule has 0 spiro atoms. The quantitative estimate of drug-likeness (QED) is 0.879. The van der Waals surface area contributed by atoms with Gasteiger partial charge in [-0.05, 0) is 18.9 Å². The van der Waals surface area contributed by atoms with Crippen LogP contribution < -0.4 is 5.69 Å². The molecule has 0 aliphatic heterocycles. The fourth-order valence-electron chi connectivity index (χ4n) is 2.24. The lowest BCUT2D eigenvalue weighted by atomic mass is 10.1. The highest BCUT2D eigenvalue weighted by Crippen LogP contribution is 2.19. The molecule has 6 heteroatoms. The Balaban J connectivity index is 0.00000141. The van der Waals surface area contributed by atoms with E-state index in [0.29, 0.717) is 16.7 Å². The SMILES string of the molecule is CC.CCC(CC)n1c(=O)[nH]c2cc(C(=O)OC)cnc21.[HH]. The molecular formula is C15H25N3O3. The zero-order valence-corrected chi connectivity index (χ0v) is 13.3. The van der Waals surface area contributed by atoms with E-state index in [1.807, 2.05) is 27.7 Å². The number of hydrogen-bond donors (Lipinski definition) is 1. The van der Waals surface area contributed by atoms with E-state index in [9.17, 15) is 9.59 Å². The lowest BCUT2D eigenvalue weighted by molar-refractivity contribution is 0.0600. The molecule has 0 aliphatic rings. The van der Waals surface area contributed by atoms with Gasteiger partial charge in [0, 0.05) is 13.7 Å². The summed E-state index contributed by atoms with van der Waals surface area (Å²) in [5.74, 6) is -0.467. The predicted octanol–water partition coefficient (Wildman–Crippen LogP) is 3.14. The Kier molecular flexibility index (Phi) is 6.14. The van der Waals surface area contributed by atoms with E-state index in [-0.39, 0.29) is 13.2 Å². The van der Waals surface area contributed by atoms with E-state index < -0.39 is 5.97 Å². The number of ether oxygens (including phenoxy) is 1. The van der Waals surface area contributed by atoms with Crippen LogP contribution in [0.1, 0.15) is 58.4 Å². The first-order chi connectivity index (χ1) is 10.1. The number of pyridine rings is 1. The Bertz CT molecular complexity index is 660. The first kappa shape index (κ1) is 16.9. The second-order valence-electron chi connectivity index (χ2n) is 4.36. The van der Waals surface area contributed by atoms with Crippen LogP contribution in [0.4, 0.5) is 0 Å². The first-order valence-corrected chi connectivity index (χ1v) is 7.30. The zero-order chi connectivity index (χ0) is 16.0. The number of esters is 1. The minimum atomic E-state index is -0.467. The number of aromatic nitrogens is 3. The number of nitrogens with one attached hydrogen (secondary N) is 1. The number of imidazole rings is 1. The molecule has 6 nitrogen and oxygen atoms in total. The third-order valence-electron chi connectivity index (χ3n) is 3.28. The Morgan fingerprint density at radius 1 is 1.43 bits per heavy atom. The summed E-state index contributed by atoms with van der Waals surface area (Å²) in [5.41, 5.74) is 1.26. The number of rotatable bonds is 4. The van der Waals surface area contributed by atoms with Crippen molar-refractivity contribution in [3.05, 3.63) is 28.3 Å². The molecule has 1 N–H and O–H groups in total. The van der Waals surface area contributed by atoms with Crippen molar-refractivity contribution in [2.75, 3.05) is 7.11 Å². The lowest BCUT2D eigenvalue weighted by Gasteiger charge is -2.13. The molecule has 0 amide bonds. The van der Waals surface area contributed by atoms with Crippen molar-refractivity contribution in [3.8, 4) is 0 Å². The highest BCUT2D eigenvalue weighted by Gasteiger charge is 2.16. The van der Waals surface area contributed by atoms with E-state index in [0.717, 1.165) is 12.8 Å². The van der Waals surface area contributed by atoms with Crippen LogP contribution in [0.5, 0.6) is 0 Å². The molecule has 0 fully saturated rings. The Hall–Kier alpha value is -2.11. The van der Waals surface area contributed by atoms with E-state index in [4.69, 9.17) is 0 Å². The average molecular weight is 295 g/mol. The number of carbonyl (C=O) groups is 1. The molecule has 2 aromatic rings. The van der Waals surface area contributed by atoms with Crippen LogP contribution in [0.15, 0.2) is 17.1 Å². The van der Waals surface area contributed by atoms with Crippen LogP contribution in [-0.2, 0) is 4.74 Å². The van der Waals surface area contributed by atoms with E-state index in [1.54, 1.807) is 10.6 Å². The molecule has 2 rings (SSSR count). The predicted molar refractivity (Wildman–Crippen MR) is 84.8 cm³/mol. The van der Waals surface area contributed by atoms with Gasteiger partial charge in [0.05, 0.1) is 18.2 Å². The molecule has 2 heterocycles. The van der Waals surface area contributed by atoms with Gasteiger partial charge in [-0.25, -0.2) is 14.6 Å². The van der Waals surface area contributed by atoms with Crippen LogP contribution in [0.25, 0.3) is 11.2 Å². The van der Waals surface area contributed by atoms with Crippen molar-refractivity contribution >= 4 is 17.1 Å². The highest BCUT2D eigenvalue weighted by atomic mass is 16.5. The summed E-state index contributed by atoms with van der Waals surface area (Å²) in [6.07, 6.45) is 3.13. The van der Waals surface area contributed by atoms with Crippen LogP contribution in [0, 0.1) is 0 Å². The molecule has 0 atom stereocenters. The molecule has 2 aromatic heterocycles. The van der Waals surface area contributed by atoms with Crippen molar-refractivity contribution < 1.29 is 11.0 Å². The van der Waals surface area contributed by atoms with Crippen LogP contribution in [0.3, 0.4) is 0 Å². The third kappa shape index (κ3) is 3.32. The van der Waals surface area contributed by atoms with Crippen LogP contribution in [0.2, 0.25) is 0 Å².